The van der Waals surface area contributed by atoms with Gasteiger partial charge in [0.2, 0.25) is 0 Å². The van der Waals surface area contributed by atoms with Gasteiger partial charge >= 0.3 is 0 Å². The van der Waals surface area contributed by atoms with Crippen LogP contribution >= 0.6 is 24.0 Å². The quantitative estimate of drug-likeness (QED) is 0.249. The van der Waals surface area contributed by atoms with Crippen LogP contribution in [0.2, 0.25) is 0 Å². The fourth-order valence-electron chi connectivity index (χ4n) is 3.22. The van der Waals surface area contributed by atoms with Crippen molar-refractivity contribution in [3.63, 3.8) is 0 Å². The number of nitrogens with zero attached hydrogens (tertiary/aromatic N) is 2. The third-order valence-corrected chi connectivity index (χ3v) is 4.71. The van der Waals surface area contributed by atoms with Gasteiger partial charge < -0.3 is 20.3 Å². The molecule has 6 heteroatoms. The van der Waals surface area contributed by atoms with Gasteiger partial charge in [-0.05, 0) is 63.0 Å². The van der Waals surface area contributed by atoms with Gasteiger partial charge in [0.1, 0.15) is 5.75 Å². The van der Waals surface area contributed by atoms with Crippen LogP contribution in [-0.2, 0) is 6.54 Å². The highest BCUT2D eigenvalue weighted by atomic mass is 127. The highest BCUT2D eigenvalue weighted by Crippen LogP contribution is 2.12. The molecule has 0 radical (unpaired) electrons. The van der Waals surface area contributed by atoms with Crippen molar-refractivity contribution in [3.8, 4) is 5.75 Å². The first-order valence-corrected chi connectivity index (χ1v) is 9.61. The van der Waals surface area contributed by atoms with Crippen LogP contribution < -0.4 is 15.4 Å². The zero-order chi connectivity index (χ0) is 17.7. The second-order valence-corrected chi connectivity index (χ2v) is 6.67. The SMILES string of the molecule is CN=C(NCCCCCN1CCCCC1)NCc1cccc(OC)c1.I. The summed E-state index contributed by atoms with van der Waals surface area (Å²) in [5, 5.41) is 6.76. The standard InChI is InChI=1S/C20H34N4O.HI/c1-21-20(23-17-18-10-9-11-19(16-18)25-2)22-12-5-3-6-13-24-14-7-4-8-15-24;/h9-11,16H,3-8,12-15,17H2,1-2H3,(H2,21,22,23);1H. The lowest BCUT2D eigenvalue weighted by Gasteiger charge is -2.26. The van der Waals surface area contributed by atoms with E-state index in [0.717, 1.165) is 24.8 Å². The number of aliphatic imine (C=N–C) groups is 1. The Hall–Kier alpha value is -1.02. The van der Waals surface area contributed by atoms with Crippen molar-refractivity contribution in [1.29, 1.82) is 0 Å². The summed E-state index contributed by atoms with van der Waals surface area (Å²) in [6, 6.07) is 8.10. The first-order chi connectivity index (χ1) is 12.3. The van der Waals surface area contributed by atoms with Crippen molar-refractivity contribution in [3.05, 3.63) is 29.8 Å². The Bertz CT molecular complexity index is 518. The number of likely N-dealkylation sites (tertiary alicyclic amines) is 1. The molecule has 148 valence electrons. The Labute approximate surface area is 176 Å². The largest absolute Gasteiger partial charge is 0.497 e. The molecule has 1 aromatic carbocycles. The number of piperidine rings is 1. The molecule has 2 N–H and O–H groups in total. The molecule has 0 saturated carbocycles. The summed E-state index contributed by atoms with van der Waals surface area (Å²) in [6.45, 7) is 5.59. The molecule has 1 aromatic rings. The number of benzene rings is 1. The van der Waals surface area contributed by atoms with E-state index in [-0.39, 0.29) is 24.0 Å². The minimum atomic E-state index is 0. The van der Waals surface area contributed by atoms with E-state index in [1.807, 2.05) is 25.2 Å². The van der Waals surface area contributed by atoms with Gasteiger partial charge in [0.15, 0.2) is 5.96 Å². The second-order valence-electron chi connectivity index (χ2n) is 6.67. The lowest BCUT2D eigenvalue weighted by molar-refractivity contribution is 0.224. The molecule has 26 heavy (non-hydrogen) atoms. The number of rotatable bonds is 9. The zero-order valence-corrected chi connectivity index (χ0v) is 18.6. The summed E-state index contributed by atoms with van der Waals surface area (Å²) in [5.41, 5.74) is 1.18. The third-order valence-electron chi connectivity index (χ3n) is 4.71. The molecule has 2 rings (SSSR count). The van der Waals surface area contributed by atoms with Gasteiger partial charge in [0, 0.05) is 20.1 Å². The van der Waals surface area contributed by atoms with Crippen LogP contribution in [0.1, 0.15) is 44.1 Å². The fraction of sp³-hybridized carbons (Fsp3) is 0.650. The predicted molar refractivity (Wildman–Crippen MR) is 121 cm³/mol. The molecule has 0 bridgehead atoms. The summed E-state index contributed by atoms with van der Waals surface area (Å²) < 4.78 is 5.26. The summed E-state index contributed by atoms with van der Waals surface area (Å²) in [7, 11) is 3.51. The number of guanidine groups is 1. The minimum absolute atomic E-state index is 0. The molecular weight excluding hydrogens is 439 g/mol. The third kappa shape index (κ3) is 9.07. The average molecular weight is 474 g/mol. The van der Waals surface area contributed by atoms with E-state index in [4.69, 9.17) is 4.74 Å². The highest BCUT2D eigenvalue weighted by molar-refractivity contribution is 14.0. The molecule has 0 spiro atoms. The first-order valence-electron chi connectivity index (χ1n) is 9.61. The van der Waals surface area contributed by atoms with Gasteiger partial charge in [0.25, 0.3) is 0 Å². The van der Waals surface area contributed by atoms with Gasteiger partial charge in [-0.1, -0.05) is 25.0 Å². The number of methoxy groups -OCH3 is 1. The van der Waals surface area contributed by atoms with Crippen molar-refractivity contribution >= 4 is 29.9 Å². The molecule has 1 aliphatic rings. The van der Waals surface area contributed by atoms with E-state index in [0.29, 0.717) is 0 Å². The van der Waals surface area contributed by atoms with Crippen LogP contribution in [0.5, 0.6) is 5.75 Å². The Morgan fingerprint density at radius 2 is 1.92 bits per heavy atom. The Balaban J connectivity index is 0.00000338. The number of ether oxygens (including phenoxy) is 1. The van der Waals surface area contributed by atoms with Gasteiger partial charge in [-0.15, -0.1) is 24.0 Å². The number of hydrogen-bond acceptors (Lipinski definition) is 3. The van der Waals surface area contributed by atoms with E-state index in [1.54, 1.807) is 7.11 Å². The molecule has 0 atom stereocenters. The highest BCUT2D eigenvalue weighted by Gasteiger charge is 2.08. The Kier molecular flexibility index (Phi) is 12.5. The molecule has 0 aliphatic carbocycles. The van der Waals surface area contributed by atoms with E-state index < -0.39 is 0 Å². The predicted octanol–water partition coefficient (Wildman–Crippen LogP) is 3.63. The van der Waals surface area contributed by atoms with Crippen LogP contribution in [0, 0.1) is 0 Å². The normalized spacial score (nSPS) is 15.2. The van der Waals surface area contributed by atoms with E-state index in [1.165, 1.54) is 63.7 Å². The topological polar surface area (TPSA) is 48.9 Å². The van der Waals surface area contributed by atoms with Crippen molar-refractivity contribution < 1.29 is 4.74 Å². The Morgan fingerprint density at radius 3 is 2.65 bits per heavy atom. The maximum atomic E-state index is 5.26. The van der Waals surface area contributed by atoms with Crippen LogP contribution in [0.25, 0.3) is 0 Å². The molecule has 0 amide bonds. The molecule has 1 saturated heterocycles. The van der Waals surface area contributed by atoms with Gasteiger partial charge in [-0.25, -0.2) is 0 Å². The maximum Gasteiger partial charge on any atom is 0.191 e. The number of unbranched alkanes of at least 4 members (excludes halogenated alkanes) is 2. The zero-order valence-electron chi connectivity index (χ0n) is 16.3. The Morgan fingerprint density at radius 1 is 1.12 bits per heavy atom. The minimum Gasteiger partial charge on any atom is -0.497 e. The summed E-state index contributed by atoms with van der Waals surface area (Å²) in [6.07, 6.45) is 7.96. The lowest BCUT2D eigenvalue weighted by atomic mass is 10.1. The smallest absolute Gasteiger partial charge is 0.191 e. The fourth-order valence-corrected chi connectivity index (χ4v) is 3.22. The van der Waals surface area contributed by atoms with E-state index in [9.17, 15) is 0 Å². The van der Waals surface area contributed by atoms with Crippen molar-refractivity contribution in [2.75, 3.05) is 40.3 Å². The lowest BCUT2D eigenvalue weighted by Crippen LogP contribution is -2.37. The molecule has 1 aliphatic heterocycles. The molecule has 5 nitrogen and oxygen atoms in total. The number of hydrogen-bond donors (Lipinski definition) is 2. The molecule has 0 aromatic heterocycles. The van der Waals surface area contributed by atoms with Crippen LogP contribution in [0.15, 0.2) is 29.3 Å². The van der Waals surface area contributed by atoms with Crippen molar-refractivity contribution in [2.45, 2.75) is 45.1 Å². The summed E-state index contributed by atoms with van der Waals surface area (Å²) in [4.78, 5) is 6.91. The van der Waals surface area contributed by atoms with Gasteiger partial charge in [-0.3, -0.25) is 4.99 Å². The maximum absolute atomic E-state index is 5.26. The monoisotopic (exact) mass is 474 g/mol. The van der Waals surface area contributed by atoms with E-state index >= 15 is 0 Å². The van der Waals surface area contributed by atoms with Crippen LogP contribution in [0.4, 0.5) is 0 Å². The van der Waals surface area contributed by atoms with Gasteiger partial charge in [0.05, 0.1) is 7.11 Å². The molecule has 1 fully saturated rings. The number of halogens is 1. The second kappa shape index (κ2) is 14.1. The average Bonchev–Trinajstić information content (AvgIpc) is 2.67. The summed E-state index contributed by atoms with van der Waals surface area (Å²) in [5.74, 6) is 1.75. The van der Waals surface area contributed by atoms with Crippen LogP contribution in [-0.4, -0.2) is 51.2 Å². The van der Waals surface area contributed by atoms with Gasteiger partial charge in [-0.2, -0.15) is 0 Å². The molecule has 0 unspecified atom stereocenters. The number of nitrogens with one attached hydrogen (secondary N) is 2. The van der Waals surface area contributed by atoms with E-state index in [2.05, 4.69) is 26.6 Å². The van der Waals surface area contributed by atoms with Crippen molar-refractivity contribution in [2.24, 2.45) is 4.99 Å². The molecule has 1 heterocycles. The summed E-state index contributed by atoms with van der Waals surface area (Å²) >= 11 is 0. The van der Waals surface area contributed by atoms with Crippen molar-refractivity contribution in [1.82, 2.24) is 15.5 Å². The first kappa shape index (κ1) is 23.0. The molecular formula is C20H35IN4O. The van der Waals surface area contributed by atoms with Crippen LogP contribution in [0.3, 0.4) is 0 Å².